The van der Waals surface area contributed by atoms with E-state index < -0.39 is 10.0 Å². The second-order valence-corrected chi connectivity index (χ2v) is 9.09. The molecule has 0 aliphatic carbocycles. The van der Waals surface area contributed by atoms with Crippen molar-refractivity contribution in [1.82, 2.24) is 9.97 Å². The van der Waals surface area contributed by atoms with E-state index in [0.717, 1.165) is 17.7 Å². The highest BCUT2D eigenvalue weighted by Crippen LogP contribution is 2.31. The summed E-state index contributed by atoms with van der Waals surface area (Å²) in [7, 11) is -2.20. The van der Waals surface area contributed by atoms with Crippen LogP contribution in [0.5, 0.6) is 5.75 Å². The molecule has 0 atom stereocenters. The summed E-state index contributed by atoms with van der Waals surface area (Å²) in [4.78, 5) is 9.13. The van der Waals surface area contributed by atoms with Crippen molar-refractivity contribution in [2.45, 2.75) is 23.4 Å². The Kier molecular flexibility index (Phi) is 7.12. The van der Waals surface area contributed by atoms with E-state index in [4.69, 9.17) is 9.88 Å². The first-order valence-corrected chi connectivity index (χ1v) is 11.9. The number of methoxy groups -OCH3 is 1. The normalized spacial score (nSPS) is 11.0. The SMILES string of the molecule is CCCSc1nc(Nc2ccc(S(N)(=O)=O)cc2)c(C#N)c(-c2ccc(OC)cc2)n1. The summed E-state index contributed by atoms with van der Waals surface area (Å²) in [5, 5.41) is 18.7. The number of benzene rings is 2. The molecule has 1 heterocycles. The van der Waals surface area contributed by atoms with Gasteiger partial charge in [-0.05, 0) is 55.0 Å². The van der Waals surface area contributed by atoms with Gasteiger partial charge >= 0.3 is 0 Å². The third-order valence-corrected chi connectivity index (χ3v) is 6.23. The molecule has 0 unspecified atom stereocenters. The van der Waals surface area contributed by atoms with Crippen molar-refractivity contribution in [2.75, 3.05) is 18.2 Å². The molecule has 3 N–H and O–H groups in total. The predicted molar refractivity (Wildman–Crippen MR) is 121 cm³/mol. The lowest BCUT2D eigenvalue weighted by atomic mass is 10.1. The molecule has 31 heavy (non-hydrogen) atoms. The van der Waals surface area contributed by atoms with Gasteiger partial charge in [0.15, 0.2) is 11.0 Å². The minimum atomic E-state index is -3.79. The Balaban J connectivity index is 2.06. The standard InChI is InChI=1S/C21H21N5O3S2/c1-3-12-30-21-25-19(14-4-8-16(29-2)9-5-14)18(13-22)20(26-21)24-15-6-10-17(11-7-15)31(23,27)28/h4-11H,3,12H2,1-2H3,(H2,23,27,28)(H,24,25,26). The van der Waals surface area contributed by atoms with Gasteiger partial charge in [0.05, 0.1) is 17.7 Å². The molecule has 0 fully saturated rings. The van der Waals surface area contributed by atoms with Crippen LogP contribution in [0.1, 0.15) is 18.9 Å². The topological polar surface area (TPSA) is 131 Å². The third-order valence-electron chi connectivity index (χ3n) is 4.24. The molecule has 1 aromatic heterocycles. The summed E-state index contributed by atoms with van der Waals surface area (Å²) in [5.41, 5.74) is 2.10. The zero-order chi connectivity index (χ0) is 22.4. The number of ether oxygens (including phenoxy) is 1. The Morgan fingerprint density at radius 2 is 1.81 bits per heavy atom. The van der Waals surface area contributed by atoms with Crippen LogP contribution in [0.2, 0.25) is 0 Å². The number of hydrogen-bond donors (Lipinski definition) is 2. The van der Waals surface area contributed by atoms with Gasteiger partial charge in [0.25, 0.3) is 0 Å². The number of anilines is 2. The molecule has 10 heteroatoms. The zero-order valence-corrected chi connectivity index (χ0v) is 18.6. The molecule has 3 aromatic rings. The van der Waals surface area contributed by atoms with Crippen LogP contribution in [0, 0.1) is 11.3 Å². The fourth-order valence-electron chi connectivity index (χ4n) is 2.72. The Labute approximate surface area is 185 Å². The number of aromatic nitrogens is 2. The first-order chi connectivity index (χ1) is 14.9. The van der Waals surface area contributed by atoms with Crippen LogP contribution in [0.25, 0.3) is 11.3 Å². The molecular weight excluding hydrogens is 434 g/mol. The molecule has 0 spiro atoms. The average Bonchev–Trinajstić information content (AvgIpc) is 2.77. The molecule has 0 saturated heterocycles. The molecule has 8 nitrogen and oxygen atoms in total. The van der Waals surface area contributed by atoms with Gasteiger partial charge in [-0.25, -0.2) is 23.5 Å². The smallest absolute Gasteiger partial charge is 0.238 e. The molecule has 0 radical (unpaired) electrons. The summed E-state index contributed by atoms with van der Waals surface area (Å²) in [5.74, 6) is 1.87. The monoisotopic (exact) mass is 455 g/mol. The fraction of sp³-hybridized carbons (Fsp3) is 0.190. The molecule has 160 valence electrons. The highest BCUT2D eigenvalue weighted by Gasteiger charge is 2.17. The highest BCUT2D eigenvalue weighted by molar-refractivity contribution is 7.99. The summed E-state index contributed by atoms with van der Waals surface area (Å²) < 4.78 is 28.2. The lowest BCUT2D eigenvalue weighted by Crippen LogP contribution is -2.12. The van der Waals surface area contributed by atoms with E-state index in [1.807, 2.05) is 12.1 Å². The van der Waals surface area contributed by atoms with E-state index in [9.17, 15) is 13.7 Å². The van der Waals surface area contributed by atoms with Gasteiger partial charge in [-0.2, -0.15) is 5.26 Å². The van der Waals surface area contributed by atoms with E-state index in [1.54, 1.807) is 31.4 Å². The second-order valence-electron chi connectivity index (χ2n) is 6.46. The summed E-state index contributed by atoms with van der Waals surface area (Å²) in [6.07, 6.45) is 0.948. The van der Waals surface area contributed by atoms with Gasteiger partial charge in [-0.1, -0.05) is 18.7 Å². The second kappa shape index (κ2) is 9.78. The Morgan fingerprint density at radius 3 is 2.35 bits per heavy atom. The molecule has 0 aliphatic heterocycles. The maximum absolute atomic E-state index is 11.5. The van der Waals surface area contributed by atoms with Crippen LogP contribution in [-0.2, 0) is 10.0 Å². The lowest BCUT2D eigenvalue weighted by molar-refractivity contribution is 0.415. The summed E-state index contributed by atoms with van der Waals surface area (Å²) in [6.45, 7) is 2.06. The van der Waals surface area contributed by atoms with E-state index in [1.165, 1.54) is 23.9 Å². The van der Waals surface area contributed by atoms with Gasteiger partial charge < -0.3 is 10.1 Å². The van der Waals surface area contributed by atoms with Crippen molar-refractivity contribution >= 4 is 33.3 Å². The number of nitrogens with two attached hydrogens (primary N) is 1. The number of nitrogens with one attached hydrogen (secondary N) is 1. The van der Waals surface area contributed by atoms with Crippen molar-refractivity contribution in [1.29, 1.82) is 5.26 Å². The Morgan fingerprint density at radius 1 is 1.13 bits per heavy atom. The third kappa shape index (κ3) is 5.52. The van der Waals surface area contributed by atoms with Crippen LogP contribution in [0.3, 0.4) is 0 Å². The van der Waals surface area contributed by atoms with Crippen molar-refractivity contribution in [3.05, 3.63) is 54.1 Å². The number of nitriles is 1. The number of nitrogens with zero attached hydrogens (tertiary/aromatic N) is 3. The van der Waals surface area contributed by atoms with Gasteiger partial charge in [-0.15, -0.1) is 0 Å². The highest BCUT2D eigenvalue weighted by atomic mass is 32.2. The number of hydrogen-bond acceptors (Lipinski definition) is 8. The number of thioether (sulfide) groups is 1. The molecule has 0 aliphatic rings. The lowest BCUT2D eigenvalue weighted by Gasteiger charge is -2.13. The Hall–Kier alpha value is -3.13. The quantitative estimate of drug-likeness (QED) is 0.386. The van der Waals surface area contributed by atoms with Crippen molar-refractivity contribution in [2.24, 2.45) is 5.14 Å². The summed E-state index contributed by atoms with van der Waals surface area (Å²) in [6, 6.07) is 15.4. The average molecular weight is 456 g/mol. The first-order valence-electron chi connectivity index (χ1n) is 9.35. The van der Waals surface area contributed by atoms with Crippen LogP contribution in [0.4, 0.5) is 11.5 Å². The zero-order valence-electron chi connectivity index (χ0n) is 17.0. The fourth-order valence-corrected chi connectivity index (χ4v) is 3.93. The molecule has 2 aromatic carbocycles. The van der Waals surface area contributed by atoms with Crippen LogP contribution in [-0.4, -0.2) is 31.2 Å². The molecular formula is C21H21N5O3S2. The predicted octanol–water partition coefficient (Wildman–Crippen LogP) is 3.92. The van der Waals surface area contributed by atoms with Gasteiger partial charge in [-0.3, -0.25) is 0 Å². The van der Waals surface area contributed by atoms with Crippen LogP contribution < -0.4 is 15.2 Å². The number of primary sulfonamides is 1. The Bertz CT molecular complexity index is 1210. The van der Waals surface area contributed by atoms with Crippen LogP contribution >= 0.6 is 11.8 Å². The van der Waals surface area contributed by atoms with Gasteiger partial charge in [0.2, 0.25) is 10.0 Å². The molecule has 3 rings (SSSR count). The largest absolute Gasteiger partial charge is 0.497 e. The molecule has 0 amide bonds. The van der Waals surface area contributed by atoms with E-state index >= 15 is 0 Å². The summed E-state index contributed by atoms with van der Waals surface area (Å²) >= 11 is 1.49. The number of sulfonamides is 1. The van der Waals surface area contributed by atoms with Crippen molar-refractivity contribution < 1.29 is 13.2 Å². The minimum Gasteiger partial charge on any atom is -0.497 e. The van der Waals surface area contributed by atoms with Crippen LogP contribution in [0.15, 0.2) is 58.6 Å². The maximum Gasteiger partial charge on any atom is 0.238 e. The van der Waals surface area contributed by atoms with E-state index in [2.05, 4.69) is 28.3 Å². The minimum absolute atomic E-state index is 0.000596. The maximum atomic E-state index is 11.5. The van der Waals surface area contributed by atoms with Crippen molar-refractivity contribution in [3.8, 4) is 23.1 Å². The van der Waals surface area contributed by atoms with Gasteiger partial charge in [0, 0.05) is 17.0 Å². The first kappa shape index (κ1) is 22.6. The van der Waals surface area contributed by atoms with Gasteiger partial charge in [0.1, 0.15) is 17.4 Å². The van der Waals surface area contributed by atoms with E-state index in [-0.39, 0.29) is 10.5 Å². The molecule has 0 saturated carbocycles. The van der Waals surface area contributed by atoms with Crippen molar-refractivity contribution in [3.63, 3.8) is 0 Å². The molecule has 0 bridgehead atoms. The van der Waals surface area contributed by atoms with E-state index in [0.29, 0.717) is 28.1 Å². The number of rotatable bonds is 8.